The normalized spacial score (nSPS) is 12.4. The van der Waals surface area contributed by atoms with Crippen molar-refractivity contribution in [2.75, 3.05) is 6.61 Å². The predicted octanol–water partition coefficient (Wildman–Crippen LogP) is 2.51. The maximum atomic E-state index is 11.1. The molecule has 0 bridgehead atoms. The third kappa shape index (κ3) is 4.37. The van der Waals surface area contributed by atoms with Gasteiger partial charge in [0.2, 0.25) is 0 Å². The van der Waals surface area contributed by atoms with Gasteiger partial charge in [-0.2, -0.15) is 0 Å². The monoisotopic (exact) mass is 252 g/mol. The zero-order valence-corrected chi connectivity index (χ0v) is 11.1. The number of ether oxygens (including phenoxy) is 2. The van der Waals surface area contributed by atoms with Gasteiger partial charge in [0.1, 0.15) is 5.75 Å². The molecule has 100 valence electrons. The van der Waals surface area contributed by atoms with Crippen LogP contribution in [0.25, 0.3) is 0 Å². The lowest BCUT2D eigenvalue weighted by molar-refractivity contribution is -0.153. The molecule has 1 unspecified atom stereocenters. The second-order valence-electron chi connectivity index (χ2n) is 4.26. The lowest BCUT2D eigenvalue weighted by Crippen LogP contribution is -2.29. The first-order valence-corrected chi connectivity index (χ1v) is 6.13. The standard InChI is InChI=1S/C14H20O4/c1-4-17-12-8-6-5-7-11(12)9-13(14(15)16)18-10(2)3/h5-8,10,13H,4,9H2,1-3H3,(H,15,16). The Bertz CT molecular complexity index is 387. The topological polar surface area (TPSA) is 55.8 Å². The second kappa shape index (κ2) is 7.01. The lowest BCUT2D eigenvalue weighted by atomic mass is 10.1. The molecule has 0 fully saturated rings. The molecule has 0 spiro atoms. The highest BCUT2D eigenvalue weighted by molar-refractivity contribution is 5.73. The molecule has 0 aliphatic carbocycles. The van der Waals surface area contributed by atoms with Crippen LogP contribution in [0, 0.1) is 0 Å². The van der Waals surface area contributed by atoms with Crippen molar-refractivity contribution in [2.24, 2.45) is 0 Å². The van der Waals surface area contributed by atoms with E-state index in [1.165, 1.54) is 0 Å². The van der Waals surface area contributed by atoms with Crippen LogP contribution in [0.3, 0.4) is 0 Å². The van der Waals surface area contributed by atoms with Crippen molar-refractivity contribution in [2.45, 2.75) is 39.4 Å². The van der Waals surface area contributed by atoms with Gasteiger partial charge in [0.15, 0.2) is 6.10 Å². The maximum Gasteiger partial charge on any atom is 0.333 e. The number of carbonyl (C=O) groups is 1. The number of para-hydroxylation sites is 1. The van der Waals surface area contributed by atoms with Crippen LogP contribution in [0.4, 0.5) is 0 Å². The van der Waals surface area contributed by atoms with Crippen molar-refractivity contribution in [1.82, 2.24) is 0 Å². The summed E-state index contributed by atoms with van der Waals surface area (Å²) in [6, 6.07) is 7.44. The first kappa shape index (κ1) is 14.5. The smallest absolute Gasteiger partial charge is 0.333 e. The van der Waals surface area contributed by atoms with E-state index in [4.69, 9.17) is 14.6 Å². The van der Waals surface area contributed by atoms with Crippen LogP contribution in [0.5, 0.6) is 5.75 Å². The SMILES string of the molecule is CCOc1ccccc1CC(OC(C)C)C(=O)O. The molecule has 1 aromatic carbocycles. The highest BCUT2D eigenvalue weighted by Crippen LogP contribution is 2.21. The zero-order chi connectivity index (χ0) is 13.5. The van der Waals surface area contributed by atoms with E-state index >= 15 is 0 Å². The molecular weight excluding hydrogens is 232 g/mol. The minimum absolute atomic E-state index is 0.120. The van der Waals surface area contributed by atoms with Gasteiger partial charge >= 0.3 is 5.97 Å². The average molecular weight is 252 g/mol. The lowest BCUT2D eigenvalue weighted by Gasteiger charge is -2.18. The summed E-state index contributed by atoms with van der Waals surface area (Å²) in [4.78, 5) is 11.1. The van der Waals surface area contributed by atoms with Gasteiger partial charge in [-0.15, -0.1) is 0 Å². The number of benzene rings is 1. The average Bonchev–Trinajstić information content (AvgIpc) is 2.30. The largest absolute Gasteiger partial charge is 0.494 e. The molecule has 0 saturated carbocycles. The summed E-state index contributed by atoms with van der Waals surface area (Å²) >= 11 is 0. The molecule has 1 N–H and O–H groups in total. The van der Waals surface area contributed by atoms with Crippen LogP contribution >= 0.6 is 0 Å². The van der Waals surface area contributed by atoms with Gasteiger partial charge in [-0.05, 0) is 32.4 Å². The van der Waals surface area contributed by atoms with Crippen molar-refractivity contribution in [3.63, 3.8) is 0 Å². The van der Waals surface area contributed by atoms with Crippen molar-refractivity contribution in [3.8, 4) is 5.75 Å². The Morgan fingerprint density at radius 3 is 2.56 bits per heavy atom. The summed E-state index contributed by atoms with van der Waals surface area (Å²) in [5, 5.41) is 9.14. The highest BCUT2D eigenvalue weighted by atomic mass is 16.5. The van der Waals surface area contributed by atoms with Gasteiger partial charge in [-0.1, -0.05) is 18.2 Å². The molecule has 0 radical (unpaired) electrons. The Morgan fingerprint density at radius 2 is 2.00 bits per heavy atom. The minimum Gasteiger partial charge on any atom is -0.494 e. The molecule has 0 saturated heterocycles. The van der Waals surface area contributed by atoms with E-state index < -0.39 is 12.1 Å². The van der Waals surface area contributed by atoms with Crippen LogP contribution in [0.1, 0.15) is 26.3 Å². The summed E-state index contributed by atoms with van der Waals surface area (Å²) in [6.45, 7) is 6.10. The molecule has 0 amide bonds. The van der Waals surface area contributed by atoms with Gasteiger partial charge in [0.25, 0.3) is 0 Å². The number of aliphatic carboxylic acids is 1. The molecule has 1 aromatic rings. The summed E-state index contributed by atoms with van der Waals surface area (Å²) in [6.07, 6.45) is -0.652. The van der Waals surface area contributed by atoms with Gasteiger partial charge in [0, 0.05) is 6.42 Å². The van der Waals surface area contributed by atoms with Gasteiger partial charge < -0.3 is 14.6 Å². The van der Waals surface area contributed by atoms with E-state index in [0.717, 1.165) is 11.3 Å². The predicted molar refractivity (Wildman–Crippen MR) is 69.0 cm³/mol. The van der Waals surface area contributed by atoms with Crippen LogP contribution in [0.2, 0.25) is 0 Å². The number of hydrogen-bond donors (Lipinski definition) is 1. The Morgan fingerprint density at radius 1 is 1.33 bits per heavy atom. The molecule has 4 heteroatoms. The van der Waals surface area contributed by atoms with Crippen LogP contribution in [-0.2, 0) is 16.0 Å². The molecule has 4 nitrogen and oxygen atoms in total. The number of carboxylic acid groups (broad SMARTS) is 1. The number of carboxylic acids is 1. The molecule has 1 atom stereocenters. The Kier molecular flexibility index (Phi) is 5.65. The van der Waals surface area contributed by atoms with Crippen molar-refractivity contribution in [1.29, 1.82) is 0 Å². The highest BCUT2D eigenvalue weighted by Gasteiger charge is 2.21. The van der Waals surface area contributed by atoms with Crippen molar-refractivity contribution >= 4 is 5.97 Å². The van der Waals surface area contributed by atoms with E-state index in [9.17, 15) is 4.79 Å². The van der Waals surface area contributed by atoms with Crippen LogP contribution < -0.4 is 4.74 Å². The molecule has 0 aliphatic heterocycles. The van der Waals surface area contributed by atoms with E-state index in [0.29, 0.717) is 13.0 Å². The van der Waals surface area contributed by atoms with Crippen LogP contribution in [0.15, 0.2) is 24.3 Å². The second-order valence-corrected chi connectivity index (χ2v) is 4.26. The summed E-state index contributed by atoms with van der Waals surface area (Å²) in [5.74, 6) is -0.228. The number of rotatable bonds is 7. The molecule has 0 aromatic heterocycles. The summed E-state index contributed by atoms with van der Waals surface area (Å²) < 4.78 is 10.9. The van der Waals surface area contributed by atoms with E-state index in [-0.39, 0.29) is 6.10 Å². The fourth-order valence-electron chi connectivity index (χ4n) is 1.69. The molecule has 18 heavy (non-hydrogen) atoms. The summed E-state index contributed by atoms with van der Waals surface area (Å²) in [7, 11) is 0. The van der Waals surface area contributed by atoms with E-state index in [2.05, 4.69) is 0 Å². The third-order valence-electron chi connectivity index (χ3n) is 2.39. The van der Waals surface area contributed by atoms with E-state index in [1.807, 2.05) is 45.0 Å². The summed E-state index contributed by atoms with van der Waals surface area (Å²) in [5.41, 5.74) is 0.854. The minimum atomic E-state index is -0.949. The molecule has 0 aliphatic rings. The maximum absolute atomic E-state index is 11.1. The van der Waals surface area contributed by atoms with Crippen molar-refractivity contribution in [3.05, 3.63) is 29.8 Å². The van der Waals surface area contributed by atoms with Gasteiger partial charge in [-0.25, -0.2) is 4.79 Å². The molecule has 0 heterocycles. The number of hydrogen-bond acceptors (Lipinski definition) is 3. The fraction of sp³-hybridized carbons (Fsp3) is 0.500. The first-order chi connectivity index (χ1) is 8.54. The molecule has 1 rings (SSSR count). The van der Waals surface area contributed by atoms with Crippen LogP contribution in [-0.4, -0.2) is 29.9 Å². The molecular formula is C14H20O4. The first-order valence-electron chi connectivity index (χ1n) is 6.13. The van der Waals surface area contributed by atoms with E-state index in [1.54, 1.807) is 0 Å². The third-order valence-corrected chi connectivity index (χ3v) is 2.39. The zero-order valence-electron chi connectivity index (χ0n) is 11.1. The van der Waals surface area contributed by atoms with Crippen molar-refractivity contribution < 1.29 is 19.4 Å². The Hall–Kier alpha value is -1.55. The van der Waals surface area contributed by atoms with Gasteiger partial charge in [0.05, 0.1) is 12.7 Å². The Labute approximate surface area is 108 Å². The fourth-order valence-corrected chi connectivity index (χ4v) is 1.69. The Balaban J connectivity index is 2.82. The van der Waals surface area contributed by atoms with Gasteiger partial charge in [-0.3, -0.25) is 0 Å². The quantitative estimate of drug-likeness (QED) is 0.810.